The number of benzene rings is 2. The molecule has 0 aliphatic carbocycles. The zero-order valence-electron chi connectivity index (χ0n) is 16.0. The van der Waals surface area contributed by atoms with E-state index in [1.807, 2.05) is 61.5 Å². The quantitative estimate of drug-likeness (QED) is 0.525. The fourth-order valence-corrected chi connectivity index (χ4v) is 3.23. The van der Waals surface area contributed by atoms with Crippen LogP contribution in [-0.4, -0.2) is 48.0 Å². The van der Waals surface area contributed by atoms with Crippen LogP contribution in [0.2, 0.25) is 0 Å². The predicted molar refractivity (Wildman–Crippen MR) is 106 cm³/mol. The summed E-state index contributed by atoms with van der Waals surface area (Å²) in [6, 6.07) is 17.0. The number of aromatic nitrogens is 6. The fourth-order valence-electron chi connectivity index (χ4n) is 3.23. The van der Waals surface area contributed by atoms with Gasteiger partial charge in [0, 0.05) is 19.4 Å². The van der Waals surface area contributed by atoms with Gasteiger partial charge in [-0.1, -0.05) is 48.5 Å². The minimum absolute atomic E-state index is 0.255. The Morgan fingerprint density at radius 3 is 2.52 bits per heavy atom. The Morgan fingerprint density at radius 2 is 1.79 bits per heavy atom. The highest BCUT2D eigenvalue weighted by Gasteiger charge is 2.30. The molecule has 0 fully saturated rings. The van der Waals surface area contributed by atoms with Gasteiger partial charge in [0.1, 0.15) is 11.7 Å². The van der Waals surface area contributed by atoms with Crippen molar-refractivity contribution in [2.75, 3.05) is 7.05 Å². The van der Waals surface area contributed by atoms with Gasteiger partial charge >= 0.3 is 0 Å². The lowest BCUT2D eigenvalue weighted by molar-refractivity contribution is 0.0742. The highest BCUT2D eigenvalue weighted by molar-refractivity contribution is 5.92. The largest absolute Gasteiger partial charge is 0.326 e. The van der Waals surface area contributed by atoms with Gasteiger partial charge in [0.15, 0.2) is 5.82 Å². The smallest absolute Gasteiger partial charge is 0.274 e. The lowest BCUT2D eigenvalue weighted by atomic mass is 10.0. The van der Waals surface area contributed by atoms with Crippen LogP contribution in [0.3, 0.4) is 0 Å². The van der Waals surface area contributed by atoms with Crippen molar-refractivity contribution in [2.24, 2.45) is 0 Å². The Labute approximate surface area is 167 Å². The van der Waals surface area contributed by atoms with Gasteiger partial charge in [0.05, 0.1) is 11.9 Å². The van der Waals surface area contributed by atoms with E-state index >= 15 is 0 Å². The van der Waals surface area contributed by atoms with E-state index in [-0.39, 0.29) is 11.6 Å². The third-order valence-corrected chi connectivity index (χ3v) is 4.69. The Morgan fingerprint density at radius 1 is 1.03 bits per heavy atom. The summed E-state index contributed by atoms with van der Waals surface area (Å²) >= 11 is 0. The summed E-state index contributed by atoms with van der Waals surface area (Å²) in [4.78, 5) is 22.8. The molecule has 2 aromatic carbocycles. The van der Waals surface area contributed by atoms with Crippen LogP contribution >= 0.6 is 0 Å². The van der Waals surface area contributed by atoms with Gasteiger partial charge in [-0.25, -0.2) is 4.98 Å². The number of nitrogens with zero attached hydrogens (tertiary/aromatic N) is 7. The number of rotatable bonds is 5. The summed E-state index contributed by atoms with van der Waals surface area (Å²) in [5, 5.41) is 12.4. The molecule has 29 heavy (non-hydrogen) atoms. The third kappa shape index (κ3) is 3.60. The molecule has 2 aromatic heterocycles. The number of tetrazole rings is 1. The number of aryl methyl sites for hydroxylation is 1. The number of para-hydroxylation sites is 1. The number of hydrogen-bond donors (Lipinski definition) is 0. The van der Waals surface area contributed by atoms with Crippen molar-refractivity contribution in [2.45, 2.75) is 13.0 Å². The lowest BCUT2D eigenvalue weighted by Gasteiger charge is -2.27. The highest BCUT2D eigenvalue weighted by Crippen LogP contribution is 2.28. The van der Waals surface area contributed by atoms with Crippen molar-refractivity contribution in [3.63, 3.8) is 0 Å². The predicted octanol–water partition coefficient (Wildman–Crippen LogP) is 2.62. The molecule has 0 spiro atoms. The fraction of sp³-hybridized carbons (Fsp3) is 0.143. The molecule has 4 aromatic rings. The second-order valence-corrected chi connectivity index (χ2v) is 6.56. The molecule has 0 radical (unpaired) electrons. The van der Waals surface area contributed by atoms with Crippen molar-refractivity contribution in [1.82, 2.24) is 35.1 Å². The van der Waals surface area contributed by atoms with E-state index in [0.717, 1.165) is 16.8 Å². The molecule has 0 saturated carbocycles. The Balaban J connectivity index is 1.83. The molecule has 1 amide bonds. The topological polar surface area (TPSA) is 89.7 Å². The first-order valence-corrected chi connectivity index (χ1v) is 9.09. The molecule has 0 N–H and O–H groups in total. The molecule has 0 unspecified atom stereocenters. The summed E-state index contributed by atoms with van der Waals surface area (Å²) in [6.07, 6.45) is 4.48. The van der Waals surface area contributed by atoms with E-state index in [9.17, 15) is 4.79 Å². The maximum absolute atomic E-state index is 13.1. The van der Waals surface area contributed by atoms with Crippen LogP contribution in [0.15, 0.2) is 73.2 Å². The maximum Gasteiger partial charge on any atom is 0.274 e. The van der Waals surface area contributed by atoms with Crippen LogP contribution in [0, 0.1) is 6.92 Å². The van der Waals surface area contributed by atoms with E-state index in [2.05, 4.69) is 25.5 Å². The molecule has 8 nitrogen and oxygen atoms in total. The summed E-state index contributed by atoms with van der Waals surface area (Å²) < 4.78 is 1.67. The number of amides is 1. The minimum Gasteiger partial charge on any atom is -0.326 e. The Hall–Kier alpha value is -3.94. The van der Waals surface area contributed by atoms with Gasteiger partial charge in [-0.2, -0.15) is 4.68 Å². The standard InChI is InChI=1S/C21H19N7O/c1-15-8-6-7-11-18(15)28-20(24-25-26-28)19(16-9-4-3-5-10-16)27(2)21(29)17-14-22-12-13-23-17/h3-14,19H,1-2H3/t19-/m1/s1. The van der Waals surface area contributed by atoms with E-state index in [1.165, 1.54) is 18.6 Å². The molecular weight excluding hydrogens is 366 g/mol. The normalized spacial score (nSPS) is 11.8. The zero-order chi connectivity index (χ0) is 20.2. The SMILES string of the molecule is Cc1ccccc1-n1nnnc1[C@@H](c1ccccc1)N(C)C(=O)c1cnccn1. The van der Waals surface area contributed by atoms with Gasteiger partial charge in [0.25, 0.3) is 5.91 Å². The van der Waals surface area contributed by atoms with Crippen molar-refractivity contribution in [3.8, 4) is 5.69 Å². The van der Waals surface area contributed by atoms with Crippen LogP contribution in [0.25, 0.3) is 5.69 Å². The molecule has 144 valence electrons. The summed E-state index contributed by atoms with van der Waals surface area (Å²) in [5.74, 6) is 0.261. The first kappa shape index (κ1) is 18.4. The molecule has 0 bridgehead atoms. The zero-order valence-corrected chi connectivity index (χ0v) is 16.0. The minimum atomic E-state index is -0.514. The van der Waals surface area contributed by atoms with Gasteiger partial charge in [-0.3, -0.25) is 9.78 Å². The molecule has 4 rings (SSSR count). The maximum atomic E-state index is 13.1. The van der Waals surface area contributed by atoms with Crippen LogP contribution in [0.1, 0.15) is 33.5 Å². The Bertz CT molecular complexity index is 1110. The van der Waals surface area contributed by atoms with Crippen molar-refractivity contribution in [1.29, 1.82) is 0 Å². The van der Waals surface area contributed by atoms with Gasteiger partial charge in [-0.05, 0) is 34.5 Å². The second kappa shape index (κ2) is 7.97. The van der Waals surface area contributed by atoms with Gasteiger partial charge in [0.2, 0.25) is 0 Å². The van der Waals surface area contributed by atoms with Crippen LogP contribution in [0.5, 0.6) is 0 Å². The van der Waals surface area contributed by atoms with Crippen molar-refractivity contribution in [3.05, 3.63) is 95.8 Å². The van der Waals surface area contributed by atoms with Crippen molar-refractivity contribution >= 4 is 5.91 Å². The van der Waals surface area contributed by atoms with E-state index in [0.29, 0.717) is 5.82 Å². The molecule has 0 saturated heterocycles. The number of carbonyl (C=O) groups is 1. The molecule has 1 atom stereocenters. The van der Waals surface area contributed by atoms with E-state index in [4.69, 9.17) is 0 Å². The summed E-state index contributed by atoms with van der Waals surface area (Å²) in [6.45, 7) is 1.99. The average Bonchev–Trinajstić information content (AvgIpc) is 3.24. The average molecular weight is 385 g/mol. The molecule has 0 aliphatic rings. The van der Waals surface area contributed by atoms with Crippen LogP contribution < -0.4 is 0 Å². The molecule has 2 heterocycles. The first-order chi connectivity index (χ1) is 14.2. The monoisotopic (exact) mass is 385 g/mol. The van der Waals surface area contributed by atoms with Crippen LogP contribution in [0.4, 0.5) is 0 Å². The molecular formula is C21H19N7O. The van der Waals surface area contributed by atoms with E-state index in [1.54, 1.807) is 16.6 Å². The first-order valence-electron chi connectivity index (χ1n) is 9.09. The van der Waals surface area contributed by atoms with Gasteiger partial charge < -0.3 is 4.90 Å². The second-order valence-electron chi connectivity index (χ2n) is 6.56. The van der Waals surface area contributed by atoms with Gasteiger partial charge in [-0.15, -0.1) is 5.10 Å². The van der Waals surface area contributed by atoms with E-state index < -0.39 is 6.04 Å². The highest BCUT2D eigenvalue weighted by atomic mass is 16.2. The number of carbonyl (C=O) groups excluding carboxylic acids is 1. The Kier molecular flexibility index (Phi) is 5.07. The van der Waals surface area contributed by atoms with Crippen LogP contribution in [-0.2, 0) is 0 Å². The number of hydrogen-bond acceptors (Lipinski definition) is 6. The summed E-state index contributed by atoms with van der Waals surface area (Å²) in [5.41, 5.74) is 3.02. The summed E-state index contributed by atoms with van der Waals surface area (Å²) in [7, 11) is 1.71. The van der Waals surface area contributed by atoms with Crippen molar-refractivity contribution < 1.29 is 4.79 Å². The molecule has 0 aliphatic heterocycles. The molecule has 8 heteroatoms. The lowest BCUT2D eigenvalue weighted by Crippen LogP contribution is -2.34. The third-order valence-electron chi connectivity index (χ3n) is 4.69.